The monoisotopic (exact) mass is 309 g/mol. The van der Waals surface area contributed by atoms with Gasteiger partial charge in [-0.1, -0.05) is 13.8 Å². The van der Waals surface area contributed by atoms with E-state index in [1.807, 2.05) is 6.07 Å². The molecule has 2 rings (SSSR count). The van der Waals surface area contributed by atoms with E-state index in [2.05, 4.69) is 6.92 Å². The summed E-state index contributed by atoms with van der Waals surface area (Å²) < 4.78 is 4.70. The summed E-state index contributed by atoms with van der Waals surface area (Å²) in [5, 5.41) is 0. The molecule has 0 aromatic carbocycles. The van der Waals surface area contributed by atoms with Gasteiger partial charge in [0.15, 0.2) is 0 Å². The van der Waals surface area contributed by atoms with Crippen LogP contribution in [0.3, 0.4) is 0 Å². The Kier molecular flexibility index (Phi) is 5.04. The molecule has 0 aliphatic heterocycles. The first-order valence-corrected chi connectivity index (χ1v) is 8.18. The number of nitrogens with zero attached hydrogens (tertiary/aromatic N) is 1. The molecular weight excluding hydrogens is 286 g/mol. The Labute approximate surface area is 130 Å². The Morgan fingerprint density at radius 3 is 2.90 bits per heavy atom. The molecule has 2 unspecified atom stereocenters. The van der Waals surface area contributed by atoms with Crippen molar-refractivity contribution in [3.05, 3.63) is 21.4 Å². The number of fused-ring (bicyclic) bond motifs is 1. The first-order valence-electron chi connectivity index (χ1n) is 7.37. The highest BCUT2D eigenvalue weighted by molar-refractivity contribution is 7.14. The highest BCUT2D eigenvalue weighted by Crippen LogP contribution is 2.32. The normalized spacial score (nSPS) is 18.8. The first kappa shape index (κ1) is 16.0. The van der Waals surface area contributed by atoms with Crippen molar-refractivity contribution >= 4 is 23.2 Å². The molecule has 1 amide bonds. The second-order valence-corrected chi connectivity index (χ2v) is 7.15. The number of esters is 1. The van der Waals surface area contributed by atoms with E-state index in [1.165, 1.54) is 24.0 Å². The fourth-order valence-electron chi connectivity index (χ4n) is 2.77. The Bertz CT molecular complexity index is 538. The average Bonchev–Trinajstić information content (AvgIpc) is 2.88. The maximum atomic E-state index is 12.5. The largest absolute Gasteiger partial charge is 0.469 e. The number of methoxy groups -OCH3 is 1. The van der Waals surface area contributed by atoms with Crippen LogP contribution in [0.25, 0.3) is 0 Å². The fourth-order valence-corrected chi connectivity index (χ4v) is 3.97. The quantitative estimate of drug-likeness (QED) is 0.804. The van der Waals surface area contributed by atoms with E-state index in [-0.39, 0.29) is 17.8 Å². The highest BCUT2D eigenvalue weighted by atomic mass is 32.1. The van der Waals surface area contributed by atoms with Crippen molar-refractivity contribution in [1.29, 1.82) is 0 Å². The number of carbonyl (C=O) groups is 2. The summed E-state index contributed by atoms with van der Waals surface area (Å²) in [4.78, 5) is 27.7. The Balaban J connectivity index is 2.04. The summed E-state index contributed by atoms with van der Waals surface area (Å²) in [6.07, 6.45) is 3.36. The number of rotatable bonds is 4. The van der Waals surface area contributed by atoms with E-state index >= 15 is 0 Å². The standard InChI is InChI=1S/C16H23NO3S/c1-10-5-6-13-12(7-10)8-14(21-13)15(18)17(3)9-11(2)16(19)20-4/h8,10-11H,5-7,9H2,1-4H3. The lowest BCUT2D eigenvalue weighted by atomic mass is 9.90. The van der Waals surface area contributed by atoms with Crippen molar-refractivity contribution in [2.45, 2.75) is 33.1 Å². The summed E-state index contributed by atoms with van der Waals surface area (Å²) in [5.74, 6) is 0.109. The number of thiophene rings is 1. The molecule has 0 fully saturated rings. The average molecular weight is 309 g/mol. The van der Waals surface area contributed by atoms with Gasteiger partial charge in [-0.05, 0) is 36.8 Å². The van der Waals surface area contributed by atoms with Gasteiger partial charge in [-0.25, -0.2) is 0 Å². The summed E-state index contributed by atoms with van der Waals surface area (Å²) in [6.45, 7) is 4.41. The predicted molar refractivity (Wildman–Crippen MR) is 83.6 cm³/mol. The van der Waals surface area contributed by atoms with E-state index in [4.69, 9.17) is 4.74 Å². The van der Waals surface area contributed by atoms with E-state index in [0.29, 0.717) is 12.5 Å². The van der Waals surface area contributed by atoms with Crippen molar-refractivity contribution in [2.75, 3.05) is 20.7 Å². The molecule has 0 bridgehead atoms. The molecule has 21 heavy (non-hydrogen) atoms. The van der Waals surface area contributed by atoms with Crippen molar-refractivity contribution < 1.29 is 14.3 Å². The molecule has 5 heteroatoms. The van der Waals surface area contributed by atoms with Gasteiger partial charge < -0.3 is 9.64 Å². The molecule has 4 nitrogen and oxygen atoms in total. The minimum absolute atomic E-state index is 0.00203. The molecule has 1 aromatic heterocycles. The Morgan fingerprint density at radius 2 is 2.24 bits per heavy atom. The molecule has 116 valence electrons. The van der Waals surface area contributed by atoms with Gasteiger partial charge in [0.1, 0.15) is 0 Å². The zero-order valence-electron chi connectivity index (χ0n) is 13.1. The van der Waals surface area contributed by atoms with Crippen LogP contribution in [-0.4, -0.2) is 37.5 Å². The van der Waals surface area contributed by atoms with E-state index in [0.717, 1.165) is 17.7 Å². The van der Waals surface area contributed by atoms with E-state index in [9.17, 15) is 9.59 Å². The molecule has 1 aromatic rings. The molecule has 0 N–H and O–H groups in total. The molecule has 2 atom stereocenters. The lowest BCUT2D eigenvalue weighted by molar-refractivity contribution is -0.145. The topological polar surface area (TPSA) is 46.6 Å². The maximum Gasteiger partial charge on any atom is 0.310 e. The molecule has 1 aliphatic rings. The molecule has 0 saturated carbocycles. The van der Waals surface area contributed by atoms with Gasteiger partial charge in [-0.3, -0.25) is 9.59 Å². The molecule has 0 spiro atoms. The summed E-state index contributed by atoms with van der Waals surface area (Å²) in [5.41, 5.74) is 1.33. The van der Waals surface area contributed by atoms with Crippen LogP contribution in [0, 0.1) is 11.8 Å². The van der Waals surface area contributed by atoms with Crippen molar-refractivity contribution in [3.8, 4) is 0 Å². The zero-order chi connectivity index (χ0) is 15.6. The molecule has 0 radical (unpaired) electrons. The third-order valence-electron chi connectivity index (χ3n) is 4.04. The third-order valence-corrected chi connectivity index (χ3v) is 5.26. The van der Waals surface area contributed by atoms with Gasteiger partial charge in [-0.15, -0.1) is 11.3 Å². The van der Waals surface area contributed by atoms with Gasteiger partial charge in [0.2, 0.25) is 0 Å². The fraction of sp³-hybridized carbons (Fsp3) is 0.625. The molecular formula is C16H23NO3S. The van der Waals surface area contributed by atoms with Crippen LogP contribution >= 0.6 is 11.3 Å². The zero-order valence-corrected chi connectivity index (χ0v) is 14.0. The maximum absolute atomic E-state index is 12.5. The third kappa shape index (κ3) is 3.64. The van der Waals surface area contributed by atoms with Crippen molar-refractivity contribution in [3.63, 3.8) is 0 Å². The molecule has 0 saturated heterocycles. The summed E-state index contributed by atoms with van der Waals surface area (Å²) in [6, 6.07) is 2.04. The second kappa shape index (κ2) is 6.60. The SMILES string of the molecule is COC(=O)C(C)CN(C)C(=O)c1cc2c(s1)CCC(C)C2. The number of hydrogen-bond donors (Lipinski definition) is 0. The number of ether oxygens (including phenoxy) is 1. The Hall–Kier alpha value is -1.36. The van der Waals surface area contributed by atoms with Crippen LogP contribution in [0.1, 0.15) is 40.4 Å². The van der Waals surface area contributed by atoms with Crippen LogP contribution in [0.4, 0.5) is 0 Å². The highest BCUT2D eigenvalue weighted by Gasteiger charge is 2.24. The smallest absolute Gasteiger partial charge is 0.310 e. The van der Waals surface area contributed by atoms with Crippen LogP contribution in [0.5, 0.6) is 0 Å². The lowest BCUT2D eigenvalue weighted by Crippen LogP contribution is -2.33. The van der Waals surface area contributed by atoms with Crippen molar-refractivity contribution in [2.24, 2.45) is 11.8 Å². The van der Waals surface area contributed by atoms with E-state index < -0.39 is 0 Å². The lowest BCUT2D eigenvalue weighted by Gasteiger charge is -2.19. The summed E-state index contributed by atoms with van der Waals surface area (Å²) >= 11 is 1.61. The van der Waals surface area contributed by atoms with Crippen molar-refractivity contribution in [1.82, 2.24) is 4.90 Å². The minimum atomic E-state index is -0.307. The predicted octanol–water partition coefficient (Wildman–Crippen LogP) is 2.75. The number of carbonyl (C=O) groups excluding carboxylic acids is 2. The number of amides is 1. The summed E-state index contributed by atoms with van der Waals surface area (Å²) in [7, 11) is 3.11. The van der Waals surface area contributed by atoms with Crippen LogP contribution in [-0.2, 0) is 22.4 Å². The molecule has 1 heterocycles. The van der Waals surface area contributed by atoms with Gasteiger partial charge >= 0.3 is 5.97 Å². The van der Waals surface area contributed by atoms with Gasteiger partial charge in [0.05, 0.1) is 17.9 Å². The van der Waals surface area contributed by atoms with Gasteiger partial charge in [-0.2, -0.15) is 0 Å². The van der Waals surface area contributed by atoms with Crippen LogP contribution < -0.4 is 0 Å². The number of aryl methyl sites for hydroxylation is 1. The first-order chi connectivity index (χ1) is 9.92. The van der Waals surface area contributed by atoms with Crippen LogP contribution in [0.15, 0.2) is 6.07 Å². The van der Waals surface area contributed by atoms with Gasteiger partial charge in [0.25, 0.3) is 5.91 Å². The second-order valence-electron chi connectivity index (χ2n) is 6.02. The van der Waals surface area contributed by atoms with Crippen LogP contribution in [0.2, 0.25) is 0 Å². The Morgan fingerprint density at radius 1 is 1.52 bits per heavy atom. The van der Waals surface area contributed by atoms with E-state index in [1.54, 1.807) is 30.2 Å². The minimum Gasteiger partial charge on any atom is -0.469 e. The van der Waals surface area contributed by atoms with Gasteiger partial charge in [0, 0.05) is 18.5 Å². The molecule has 1 aliphatic carbocycles. The number of hydrogen-bond acceptors (Lipinski definition) is 4.